The van der Waals surface area contributed by atoms with E-state index >= 15 is 0 Å². The molecule has 1 atom stereocenters. The van der Waals surface area contributed by atoms with Crippen molar-refractivity contribution in [3.63, 3.8) is 0 Å². The molecule has 1 amide bonds. The predicted molar refractivity (Wildman–Crippen MR) is 115 cm³/mol. The molecule has 30 heavy (non-hydrogen) atoms. The van der Waals surface area contributed by atoms with E-state index in [1.807, 2.05) is 0 Å². The summed E-state index contributed by atoms with van der Waals surface area (Å²) in [7, 11) is -3.78. The number of sulfone groups is 1. The number of para-hydroxylation sites is 2. The normalized spacial score (nSPS) is 12.2. The van der Waals surface area contributed by atoms with Crippen LogP contribution in [0.3, 0.4) is 0 Å². The third-order valence-corrected chi connectivity index (χ3v) is 6.66. The summed E-state index contributed by atoms with van der Waals surface area (Å²) in [5, 5.41) is 12.8. The molecular formula is C21H17ClN2O5S. The molecule has 0 aliphatic carbocycles. The number of rotatable bonds is 7. The number of carbonyl (C=O) groups excluding carboxylic acids is 1. The first-order valence-corrected chi connectivity index (χ1v) is 10.9. The van der Waals surface area contributed by atoms with Gasteiger partial charge in [0.25, 0.3) is 11.6 Å². The van der Waals surface area contributed by atoms with Crippen molar-refractivity contribution in [1.29, 1.82) is 0 Å². The smallest absolute Gasteiger partial charge is 0.292 e. The summed E-state index contributed by atoms with van der Waals surface area (Å²) in [4.78, 5) is 23.0. The van der Waals surface area contributed by atoms with E-state index in [0.29, 0.717) is 5.56 Å². The van der Waals surface area contributed by atoms with Crippen LogP contribution in [0.15, 0.2) is 83.8 Å². The number of nitrogens with one attached hydrogen (secondary N) is 1. The molecule has 3 rings (SSSR count). The van der Waals surface area contributed by atoms with Crippen LogP contribution in [-0.2, 0) is 9.84 Å². The minimum atomic E-state index is -3.78. The molecule has 0 aromatic heterocycles. The molecule has 1 N–H and O–H groups in total. The number of hydrogen-bond acceptors (Lipinski definition) is 5. The lowest BCUT2D eigenvalue weighted by Crippen LogP contribution is -2.15. The standard InChI is InChI=1S/C21H17ClN2O5S/c22-18(15-7-2-1-3-8-15)14-30(28,29)17-10-6-9-16(13-17)21(25)23-19-11-4-5-12-20(19)24(26)27/h1-13,18H,14H2,(H,23,25)/t18-/m1/s1. The zero-order valence-electron chi connectivity index (χ0n) is 15.6. The highest BCUT2D eigenvalue weighted by atomic mass is 35.5. The average molecular weight is 445 g/mol. The van der Waals surface area contributed by atoms with Gasteiger partial charge in [-0.15, -0.1) is 11.6 Å². The van der Waals surface area contributed by atoms with Crippen molar-refractivity contribution in [3.05, 3.63) is 100 Å². The molecule has 3 aromatic carbocycles. The molecule has 0 radical (unpaired) electrons. The van der Waals surface area contributed by atoms with Gasteiger partial charge in [-0.1, -0.05) is 48.5 Å². The topological polar surface area (TPSA) is 106 Å². The van der Waals surface area contributed by atoms with Crippen molar-refractivity contribution in [2.75, 3.05) is 11.1 Å². The maximum absolute atomic E-state index is 12.8. The van der Waals surface area contributed by atoms with Gasteiger partial charge in [-0.25, -0.2) is 8.42 Å². The van der Waals surface area contributed by atoms with Gasteiger partial charge in [0.2, 0.25) is 0 Å². The van der Waals surface area contributed by atoms with Gasteiger partial charge in [0.05, 0.1) is 20.9 Å². The summed E-state index contributed by atoms with van der Waals surface area (Å²) in [5.74, 6) is -1.000. The van der Waals surface area contributed by atoms with E-state index in [1.54, 1.807) is 36.4 Å². The van der Waals surface area contributed by atoms with E-state index in [0.717, 1.165) is 0 Å². The van der Waals surface area contributed by atoms with E-state index in [1.165, 1.54) is 42.5 Å². The molecule has 0 aliphatic rings. The van der Waals surface area contributed by atoms with Gasteiger partial charge >= 0.3 is 0 Å². The van der Waals surface area contributed by atoms with Gasteiger partial charge in [-0.3, -0.25) is 14.9 Å². The van der Waals surface area contributed by atoms with Crippen LogP contribution in [0.2, 0.25) is 0 Å². The number of benzene rings is 3. The Morgan fingerprint density at radius 3 is 2.37 bits per heavy atom. The molecule has 0 spiro atoms. The molecule has 0 saturated carbocycles. The van der Waals surface area contributed by atoms with Gasteiger partial charge in [-0.2, -0.15) is 0 Å². The van der Waals surface area contributed by atoms with Crippen molar-refractivity contribution in [2.45, 2.75) is 10.3 Å². The monoisotopic (exact) mass is 444 g/mol. The van der Waals surface area contributed by atoms with Gasteiger partial charge in [-0.05, 0) is 29.8 Å². The van der Waals surface area contributed by atoms with Crippen molar-refractivity contribution in [1.82, 2.24) is 0 Å². The molecular weight excluding hydrogens is 428 g/mol. The van der Waals surface area contributed by atoms with Crippen molar-refractivity contribution in [2.24, 2.45) is 0 Å². The van der Waals surface area contributed by atoms with Crippen molar-refractivity contribution in [3.8, 4) is 0 Å². The molecule has 0 heterocycles. The molecule has 0 saturated heterocycles. The first-order valence-electron chi connectivity index (χ1n) is 8.84. The highest BCUT2D eigenvalue weighted by molar-refractivity contribution is 7.91. The first kappa shape index (κ1) is 21.5. The molecule has 3 aromatic rings. The fourth-order valence-electron chi connectivity index (χ4n) is 2.81. The molecule has 0 bridgehead atoms. The molecule has 0 unspecified atom stereocenters. The summed E-state index contributed by atoms with van der Waals surface area (Å²) in [6.45, 7) is 0. The highest BCUT2D eigenvalue weighted by Gasteiger charge is 2.23. The van der Waals surface area contributed by atoms with Crippen LogP contribution >= 0.6 is 11.6 Å². The molecule has 154 valence electrons. The van der Waals surface area contributed by atoms with Crippen molar-refractivity contribution < 1.29 is 18.1 Å². The number of carbonyl (C=O) groups is 1. The number of nitro groups is 1. The second kappa shape index (κ2) is 9.06. The quantitative estimate of drug-likeness (QED) is 0.325. The van der Waals surface area contributed by atoms with E-state index in [-0.39, 0.29) is 27.6 Å². The molecule has 9 heteroatoms. The maximum Gasteiger partial charge on any atom is 0.292 e. The number of anilines is 1. The fraction of sp³-hybridized carbons (Fsp3) is 0.0952. The lowest BCUT2D eigenvalue weighted by molar-refractivity contribution is -0.383. The van der Waals surface area contributed by atoms with Gasteiger partial charge in [0, 0.05) is 11.6 Å². The Morgan fingerprint density at radius 1 is 1.00 bits per heavy atom. The van der Waals surface area contributed by atoms with Crippen LogP contribution < -0.4 is 5.32 Å². The molecule has 0 aliphatic heterocycles. The van der Waals surface area contributed by atoms with E-state index < -0.39 is 26.0 Å². The lowest BCUT2D eigenvalue weighted by atomic mass is 10.2. The third kappa shape index (κ3) is 5.03. The zero-order chi connectivity index (χ0) is 21.7. The van der Waals surface area contributed by atoms with Crippen molar-refractivity contribution >= 4 is 38.7 Å². The SMILES string of the molecule is O=C(Nc1ccccc1[N+](=O)[O-])c1cccc(S(=O)(=O)C[C@@H](Cl)c2ccccc2)c1. The predicted octanol–water partition coefficient (Wildman–Crippen LogP) is 4.60. The van der Waals surface area contributed by atoms with Gasteiger partial charge in [0.15, 0.2) is 9.84 Å². The number of alkyl halides is 1. The number of halogens is 1. The number of nitrogens with zero attached hydrogens (tertiary/aromatic N) is 1. The minimum absolute atomic E-state index is 0.0191. The van der Waals surface area contributed by atoms with Gasteiger partial charge < -0.3 is 5.32 Å². The second-order valence-electron chi connectivity index (χ2n) is 6.42. The second-order valence-corrected chi connectivity index (χ2v) is 8.98. The third-order valence-electron chi connectivity index (χ3n) is 4.33. The number of amides is 1. The maximum atomic E-state index is 12.8. The van der Waals surface area contributed by atoms with Crippen LogP contribution in [0.5, 0.6) is 0 Å². The summed E-state index contributed by atoms with van der Waals surface area (Å²) in [6, 6.07) is 20.0. The zero-order valence-corrected chi connectivity index (χ0v) is 17.1. The summed E-state index contributed by atoms with van der Waals surface area (Å²) in [5.41, 5.74) is 0.487. The van der Waals surface area contributed by atoms with Crippen LogP contribution in [0.1, 0.15) is 21.3 Å². The minimum Gasteiger partial charge on any atom is -0.316 e. The summed E-state index contributed by atoms with van der Waals surface area (Å²) < 4.78 is 25.6. The number of hydrogen-bond donors (Lipinski definition) is 1. The Balaban J connectivity index is 1.82. The van der Waals surface area contributed by atoms with Crippen LogP contribution in [-0.4, -0.2) is 25.0 Å². The Morgan fingerprint density at radius 2 is 1.67 bits per heavy atom. The Labute approximate surface area is 178 Å². The Bertz CT molecular complexity index is 1180. The van der Waals surface area contributed by atoms with E-state index in [2.05, 4.69) is 5.32 Å². The van der Waals surface area contributed by atoms with Crippen LogP contribution in [0, 0.1) is 10.1 Å². The Hall–Kier alpha value is -3.23. The van der Waals surface area contributed by atoms with Gasteiger partial charge in [0.1, 0.15) is 5.69 Å². The summed E-state index contributed by atoms with van der Waals surface area (Å²) >= 11 is 6.28. The fourth-order valence-corrected chi connectivity index (χ4v) is 4.82. The van der Waals surface area contributed by atoms with E-state index in [4.69, 9.17) is 11.6 Å². The lowest BCUT2D eigenvalue weighted by Gasteiger charge is -2.12. The summed E-state index contributed by atoms with van der Waals surface area (Å²) in [6.07, 6.45) is 0. The molecule has 7 nitrogen and oxygen atoms in total. The Kier molecular flexibility index (Phi) is 6.49. The van der Waals surface area contributed by atoms with E-state index in [9.17, 15) is 23.3 Å². The van der Waals surface area contributed by atoms with Crippen LogP contribution in [0.4, 0.5) is 11.4 Å². The molecule has 0 fully saturated rings. The largest absolute Gasteiger partial charge is 0.316 e. The number of nitro benzene ring substituents is 1. The van der Waals surface area contributed by atoms with Crippen LogP contribution in [0.25, 0.3) is 0 Å². The average Bonchev–Trinajstić information content (AvgIpc) is 2.74. The highest BCUT2D eigenvalue weighted by Crippen LogP contribution is 2.27. The first-order chi connectivity index (χ1) is 14.3.